The molecule has 1 atom stereocenters. The lowest BCUT2D eigenvalue weighted by atomic mass is 9.94. The van der Waals surface area contributed by atoms with E-state index in [4.69, 9.17) is 0 Å². The summed E-state index contributed by atoms with van der Waals surface area (Å²) in [6.07, 6.45) is 1.87. The zero-order valence-corrected chi connectivity index (χ0v) is 17.1. The van der Waals surface area contributed by atoms with Crippen LogP contribution in [0.25, 0.3) is 0 Å². The molecule has 0 unspecified atom stereocenters. The third-order valence-corrected chi connectivity index (χ3v) is 5.74. The van der Waals surface area contributed by atoms with Crippen LogP contribution in [-0.4, -0.2) is 23.9 Å². The Labute approximate surface area is 164 Å². The summed E-state index contributed by atoms with van der Waals surface area (Å²) in [6, 6.07) is 16.9. The fourth-order valence-corrected chi connectivity index (χ4v) is 3.74. The van der Waals surface area contributed by atoms with Gasteiger partial charge in [0, 0.05) is 16.9 Å². The van der Waals surface area contributed by atoms with Crippen LogP contribution in [0.15, 0.2) is 53.0 Å². The van der Waals surface area contributed by atoms with Gasteiger partial charge in [-0.25, -0.2) is 0 Å². The number of amides is 1. The zero-order valence-electron chi connectivity index (χ0n) is 15.5. The summed E-state index contributed by atoms with van der Waals surface area (Å²) in [5, 5.41) is 3.19. The fourth-order valence-electron chi connectivity index (χ4n) is 3.47. The first-order chi connectivity index (χ1) is 12.5. The Bertz CT molecular complexity index is 719. The maximum Gasteiger partial charge on any atom is 0.223 e. The molecule has 2 aromatic rings. The number of carbonyl (C=O) groups is 1. The summed E-state index contributed by atoms with van der Waals surface area (Å²) in [4.78, 5) is 15.1. The highest BCUT2D eigenvalue weighted by Gasteiger charge is 2.26. The van der Waals surface area contributed by atoms with Crippen LogP contribution >= 0.6 is 15.9 Å². The molecule has 0 radical (unpaired) electrons. The molecule has 1 N–H and O–H groups in total. The molecule has 1 saturated heterocycles. The number of benzene rings is 2. The number of rotatable bonds is 5. The van der Waals surface area contributed by atoms with E-state index in [-0.39, 0.29) is 17.9 Å². The monoisotopic (exact) mass is 414 g/mol. The van der Waals surface area contributed by atoms with Gasteiger partial charge in [-0.15, -0.1) is 0 Å². The van der Waals surface area contributed by atoms with E-state index in [1.807, 2.05) is 0 Å². The van der Waals surface area contributed by atoms with Gasteiger partial charge in [-0.3, -0.25) is 9.69 Å². The molecule has 3 nitrogen and oxygen atoms in total. The highest BCUT2D eigenvalue weighted by atomic mass is 79.9. The average Bonchev–Trinajstić information content (AvgIpc) is 2.64. The van der Waals surface area contributed by atoms with Gasteiger partial charge in [0.1, 0.15) is 0 Å². The standard InChI is InChI=1S/C22H27BrN2O/c1-16-3-7-19(8-4-16)17(2)24-22(26)20-11-13-25(14-12-20)15-18-5-9-21(23)10-6-18/h3-10,17,20H,11-15H2,1-2H3,(H,24,26)/t17-/m0/s1. The van der Waals surface area contributed by atoms with Gasteiger partial charge in [0.05, 0.1) is 6.04 Å². The largest absolute Gasteiger partial charge is 0.349 e. The van der Waals surface area contributed by atoms with Crippen molar-refractivity contribution < 1.29 is 4.79 Å². The van der Waals surface area contributed by atoms with Crippen LogP contribution in [0.5, 0.6) is 0 Å². The van der Waals surface area contributed by atoms with Crippen LogP contribution in [0, 0.1) is 12.8 Å². The predicted molar refractivity (Wildman–Crippen MR) is 110 cm³/mol. The lowest BCUT2D eigenvalue weighted by Gasteiger charge is -2.32. The molecule has 2 aromatic carbocycles. The Morgan fingerprint density at radius 2 is 1.73 bits per heavy atom. The number of aryl methyl sites for hydroxylation is 1. The summed E-state index contributed by atoms with van der Waals surface area (Å²) >= 11 is 3.48. The first-order valence-electron chi connectivity index (χ1n) is 9.35. The minimum absolute atomic E-state index is 0.0592. The van der Waals surface area contributed by atoms with E-state index >= 15 is 0 Å². The van der Waals surface area contributed by atoms with Crippen molar-refractivity contribution in [2.45, 2.75) is 39.3 Å². The van der Waals surface area contributed by atoms with Gasteiger partial charge in [0.25, 0.3) is 0 Å². The van der Waals surface area contributed by atoms with Crippen LogP contribution < -0.4 is 5.32 Å². The molecule has 26 heavy (non-hydrogen) atoms. The number of piperidine rings is 1. The van der Waals surface area contributed by atoms with Crippen LogP contribution in [0.1, 0.15) is 42.5 Å². The second-order valence-corrected chi connectivity index (χ2v) is 8.23. The van der Waals surface area contributed by atoms with Crippen LogP contribution in [0.4, 0.5) is 0 Å². The van der Waals surface area contributed by atoms with Crippen molar-refractivity contribution >= 4 is 21.8 Å². The second kappa shape index (κ2) is 8.83. The lowest BCUT2D eigenvalue weighted by molar-refractivity contribution is -0.127. The Hall–Kier alpha value is -1.65. The molecule has 1 aliphatic heterocycles. The van der Waals surface area contributed by atoms with Crippen molar-refractivity contribution in [1.29, 1.82) is 0 Å². The van der Waals surface area contributed by atoms with Crippen LogP contribution in [0.2, 0.25) is 0 Å². The Kier molecular flexibility index (Phi) is 6.49. The predicted octanol–water partition coefficient (Wildman–Crippen LogP) is 4.85. The molecule has 0 saturated carbocycles. The smallest absolute Gasteiger partial charge is 0.223 e. The quantitative estimate of drug-likeness (QED) is 0.758. The minimum atomic E-state index is 0.0592. The van der Waals surface area contributed by atoms with Gasteiger partial charge in [-0.2, -0.15) is 0 Å². The van der Waals surface area contributed by atoms with E-state index in [1.54, 1.807) is 0 Å². The van der Waals surface area contributed by atoms with Gasteiger partial charge in [0.2, 0.25) is 5.91 Å². The van der Waals surface area contributed by atoms with E-state index in [0.717, 1.165) is 42.5 Å². The van der Waals surface area contributed by atoms with Crippen molar-refractivity contribution in [3.63, 3.8) is 0 Å². The molecule has 0 spiro atoms. The van der Waals surface area contributed by atoms with Crippen molar-refractivity contribution in [3.05, 3.63) is 69.7 Å². The van der Waals surface area contributed by atoms with E-state index in [9.17, 15) is 4.79 Å². The summed E-state index contributed by atoms with van der Waals surface area (Å²) < 4.78 is 1.11. The molecular weight excluding hydrogens is 388 g/mol. The van der Waals surface area contributed by atoms with Crippen molar-refractivity contribution in [3.8, 4) is 0 Å². The third kappa shape index (κ3) is 5.18. The molecular formula is C22H27BrN2O. The summed E-state index contributed by atoms with van der Waals surface area (Å²) in [5.74, 6) is 0.324. The van der Waals surface area contributed by atoms with Gasteiger partial charge in [0.15, 0.2) is 0 Å². The van der Waals surface area contributed by atoms with E-state index in [1.165, 1.54) is 11.1 Å². The molecule has 4 heteroatoms. The SMILES string of the molecule is Cc1ccc([C@H](C)NC(=O)C2CCN(Cc3ccc(Br)cc3)CC2)cc1. The number of nitrogens with one attached hydrogen (secondary N) is 1. The molecule has 1 amide bonds. The zero-order chi connectivity index (χ0) is 18.5. The van der Waals surface area contributed by atoms with E-state index in [0.29, 0.717) is 0 Å². The Morgan fingerprint density at radius 1 is 1.12 bits per heavy atom. The number of nitrogens with zero attached hydrogens (tertiary/aromatic N) is 1. The molecule has 0 aromatic heterocycles. The van der Waals surface area contributed by atoms with E-state index < -0.39 is 0 Å². The van der Waals surface area contributed by atoms with Crippen molar-refractivity contribution in [1.82, 2.24) is 10.2 Å². The maximum atomic E-state index is 12.6. The molecule has 1 fully saturated rings. The van der Waals surface area contributed by atoms with Gasteiger partial charge in [-0.05, 0) is 63.0 Å². The summed E-state index contributed by atoms with van der Waals surface area (Å²) in [7, 11) is 0. The van der Waals surface area contributed by atoms with Crippen molar-refractivity contribution in [2.75, 3.05) is 13.1 Å². The minimum Gasteiger partial charge on any atom is -0.349 e. The molecule has 1 aliphatic rings. The van der Waals surface area contributed by atoms with Crippen LogP contribution in [-0.2, 0) is 11.3 Å². The van der Waals surface area contributed by atoms with Gasteiger partial charge in [-0.1, -0.05) is 57.9 Å². The van der Waals surface area contributed by atoms with Crippen LogP contribution in [0.3, 0.4) is 0 Å². The number of likely N-dealkylation sites (tertiary alicyclic amines) is 1. The summed E-state index contributed by atoms with van der Waals surface area (Å²) in [5.41, 5.74) is 3.73. The number of halogens is 1. The molecule has 1 heterocycles. The second-order valence-electron chi connectivity index (χ2n) is 7.32. The maximum absolute atomic E-state index is 12.6. The highest BCUT2D eigenvalue weighted by molar-refractivity contribution is 9.10. The molecule has 3 rings (SSSR count). The highest BCUT2D eigenvalue weighted by Crippen LogP contribution is 2.22. The molecule has 138 valence electrons. The first kappa shape index (κ1) is 19.1. The average molecular weight is 415 g/mol. The molecule has 0 aliphatic carbocycles. The van der Waals surface area contributed by atoms with Gasteiger partial charge >= 0.3 is 0 Å². The molecule has 0 bridgehead atoms. The normalized spacial score (nSPS) is 17.0. The fraction of sp³-hybridized carbons (Fsp3) is 0.409. The third-order valence-electron chi connectivity index (χ3n) is 5.21. The first-order valence-corrected chi connectivity index (χ1v) is 10.1. The van der Waals surface area contributed by atoms with Gasteiger partial charge < -0.3 is 5.32 Å². The van der Waals surface area contributed by atoms with Crippen molar-refractivity contribution in [2.24, 2.45) is 5.92 Å². The Balaban J connectivity index is 1.47. The van der Waals surface area contributed by atoms with E-state index in [2.05, 4.69) is 88.5 Å². The summed E-state index contributed by atoms with van der Waals surface area (Å²) in [6.45, 7) is 7.06. The lowest BCUT2D eigenvalue weighted by Crippen LogP contribution is -2.40. The topological polar surface area (TPSA) is 32.3 Å². The number of carbonyl (C=O) groups excluding carboxylic acids is 1. The Morgan fingerprint density at radius 3 is 2.35 bits per heavy atom. The number of hydrogen-bond acceptors (Lipinski definition) is 2. The number of hydrogen-bond donors (Lipinski definition) is 1.